The fourth-order valence-corrected chi connectivity index (χ4v) is 1.60. The molecule has 1 N–H and O–H groups in total. The first-order chi connectivity index (χ1) is 9.22. The molecule has 0 aliphatic rings. The van der Waals surface area contributed by atoms with Gasteiger partial charge in [0.05, 0.1) is 6.42 Å². The van der Waals surface area contributed by atoms with Crippen LogP contribution in [0.4, 0.5) is 0 Å². The number of pyridine rings is 1. The summed E-state index contributed by atoms with van der Waals surface area (Å²) >= 11 is 0. The summed E-state index contributed by atoms with van der Waals surface area (Å²) in [5.41, 5.74) is 1.91. The molecule has 0 saturated heterocycles. The summed E-state index contributed by atoms with van der Waals surface area (Å²) < 4.78 is 5.43. The Morgan fingerprint density at radius 1 is 1.32 bits per heavy atom. The van der Waals surface area contributed by atoms with Crippen LogP contribution >= 0.6 is 0 Å². The van der Waals surface area contributed by atoms with E-state index in [1.165, 1.54) is 0 Å². The van der Waals surface area contributed by atoms with E-state index < -0.39 is 0 Å². The highest BCUT2D eigenvalue weighted by Gasteiger charge is 2.02. The smallest absolute Gasteiger partial charge is 0.224 e. The van der Waals surface area contributed by atoms with Crippen LogP contribution < -0.4 is 5.32 Å². The summed E-state index contributed by atoms with van der Waals surface area (Å²) in [5.74, 6) is 0.0409. The third-order valence-electron chi connectivity index (χ3n) is 2.77. The number of carbonyl (C=O) groups is 1. The summed E-state index contributed by atoms with van der Waals surface area (Å²) in [7, 11) is 0. The van der Waals surface area contributed by atoms with Gasteiger partial charge in [-0.1, -0.05) is 19.4 Å². The highest BCUT2D eigenvalue weighted by Crippen LogP contribution is 2.00. The van der Waals surface area contributed by atoms with E-state index in [2.05, 4.69) is 17.2 Å². The van der Waals surface area contributed by atoms with Crippen LogP contribution in [0.5, 0.6) is 0 Å². The summed E-state index contributed by atoms with van der Waals surface area (Å²) in [6.07, 6.45) is 5.27. The summed E-state index contributed by atoms with van der Waals surface area (Å²) in [5, 5.41) is 2.89. The zero-order valence-corrected chi connectivity index (χ0v) is 11.9. The minimum atomic E-state index is 0.0409. The molecule has 0 radical (unpaired) electrons. The topological polar surface area (TPSA) is 51.2 Å². The molecule has 0 fully saturated rings. The van der Waals surface area contributed by atoms with E-state index in [1.54, 1.807) is 6.20 Å². The van der Waals surface area contributed by atoms with Crippen LogP contribution in [0.15, 0.2) is 18.3 Å². The molecule has 0 spiro atoms. The first-order valence-corrected chi connectivity index (χ1v) is 6.98. The fourth-order valence-electron chi connectivity index (χ4n) is 1.60. The monoisotopic (exact) mass is 264 g/mol. The number of hydrogen-bond donors (Lipinski definition) is 1. The van der Waals surface area contributed by atoms with Crippen LogP contribution in [0.25, 0.3) is 0 Å². The van der Waals surface area contributed by atoms with Crippen molar-refractivity contribution in [2.45, 2.75) is 39.5 Å². The highest BCUT2D eigenvalue weighted by molar-refractivity contribution is 5.78. The number of amides is 1. The third kappa shape index (κ3) is 7.57. The molecular formula is C15H24N2O2. The second-order valence-electron chi connectivity index (χ2n) is 4.65. The standard InChI is InChI=1S/C15H24N2O2/c1-3-4-9-19-10-5-8-16-15(18)11-14-7-6-13(2)17-12-14/h6-7,12H,3-5,8-11H2,1-2H3,(H,16,18). The van der Waals surface area contributed by atoms with Crippen LogP contribution in [-0.2, 0) is 16.0 Å². The van der Waals surface area contributed by atoms with E-state index in [-0.39, 0.29) is 5.91 Å². The van der Waals surface area contributed by atoms with Crippen molar-refractivity contribution in [1.82, 2.24) is 10.3 Å². The lowest BCUT2D eigenvalue weighted by Gasteiger charge is -2.06. The molecule has 1 aromatic rings. The van der Waals surface area contributed by atoms with E-state index >= 15 is 0 Å². The molecule has 0 aliphatic heterocycles. The lowest BCUT2D eigenvalue weighted by molar-refractivity contribution is -0.120. The molecule has 0 atom stereocenters. The number of aromatic nitrogens is 1. The average Bonchev–Trinajstić information content (AvgIpc) is 2.40. The maximum atomic E-state index is 11.7. The van der Waals surface area contributed by atoms with Gasteiger partial charge >= 0.3 is 0 Å². The molecule has 106 valence electrons. The Morgan fingerprint density at radius 3 is 2.79 bits per heavy atom. The molecular weight excluding hydrogens is 240 g/mol. The Kier molecular flexibility index (Phi) is 7.82. The fraction of sp³-hybridized carbons (Fsp3) is 0.600. The maximum Gasteiger partial charge on any atom is 0.224 e. The molecule has 1 aromatic heterocycles. The van der Waals surface area contributed by atoms with E-state index in [9.17, 15) is 4.79 Å². The molecule has 4 heteroatoms. The normalized spacial score (nSPS) is 10.4. The second kappa shape index (κ2) is 9.50. The predicted molar refractivity (Wildman–Crippen MR) is 76.0 cm³/mol. The van der Waals surface area contributed by atoms with Crippen LogP contribution in [0.3, 0.4) is 0 Å². The third-order valence-corrected chi connectivity index (χ3v) is 2.77. The molecule has 1 rings (SSSR count). The lowest BCUT2D eigenvalue weighted by atomic mass is 10.2. The van der Waals surface area contributed by atoms with Gasteiger partial charge in [-0.25, -0.2) is 0 Å². The number of unbranched alkanes of at least 4 members (excludes halogenated alkanes) is 1. The van der Waals surface area contributed by atoms with Crippen molar-refractivity contribution < 1.29 is 9.53 Å². The van der Waals surface area contributed by atoms with Gasteiger partial charge in [-0.2, -0.15) is 0 Å². The first-order valence-electron chi connectivity index (χ1n) is 6.98. The SMILES string of the molecule is CCCCOCCCNC(=O)Cc1ccc(C)nc1. The van der Waals surface area contributed by atoms with Crippen molar-refractivity contribution in [1.29, 1.82) is 0 Å². The summed E-state index contributed by atoms with van der Waals surface area (Å²) in [4.78, 5) is 15.8. The molecule has 0 aromatic carbocycles. The van der Waals surface area contributed by atoms with Crippen molar-refractivity contribution in [2.75, 3.05) is 19.8 Å². The summed E-state index contributed by atoms with van der Waals surface area (Å²) in [6, 6.07) is 3.86. The number of hydrogen-bond acceptors (Lipinski definition) is 3. The van der Waals surface area contributed by atoms with Crippen molar-refractivity contribution >= 4 is 5.91 Å². The highest BCUT2D eigenvalue weighted by atomic mass is 16.5. The number of ether oxygens (including phenoxy) is 1. The van der Waals surface area contributed by atoms with Crippen molar-refractivity contribution in [3.05, 3.63) is 29.6 Å². The van der Waals surface area contributed by atoms with Gasteiger partial charge in [0.1, 0.15) is 0 Å². The molecule has 0 unspecified atom stereocenters. The van der Waals surface area contributed by atoms with Crippen LogP contribution in [0, 0.1) is 6.92 Å². The van der Waals surface area contributed by atoms with Gasteiger partial charge in [-0.3, -0.25) is 9.78 Å². The molecule has 19 heavy (non-hydrogen) atoms. The average molecular weight is 264 g/mol. The molecule has 0 bridgehead atoms. The quantitative estimate of drug-likeness (QED) is 0.696. The van der Waals surface area contributed by atoms with E-state index in [4.69, 9.17) is 4.74 Å². The number of carbonyl (C=O) groups excluding carboxylic acids is 1. The first kappa shape index (κ1) is 15.6. The van der Waals surface area contributed by atoms with Crippen LogP contribution in [-0.4, -0.2) is 30.6 Å². The largest absolute Gasteiger partial charge is 0.381 e. The van der Waals surface area contributed by atoms with Crippen molar-refractivity contribution in [3.8, 4) is 0 Å². The predicted octanol–water partition coefficient (Wildman–Crippen LogP) is 2.26. The zero-order chi connectivity index (χ0) is 13.9. The molecule has 1 heterocycles. The van der Waals surface area contributed by atoms with Crippen molar-refractivity contribution in [3.63, 3.8) is 0 Å². The van der Waals surface area contributed by atoms with Gasteiger partial charge in [-0.05, 0) is 31.4 Å². The number of aryl methyl sites for hydroxylation is 1. The Hall–Kier alpha value is -1.42. The van der Waals surface area contributed by atoms with Gasteiger partial charge in [-0.15, -0.1) is 0 Å². The number of nitrogens with zero attached hydrogens (tertiary/aromatic N) is 1. The Bertz CT molecular complexity index is 363. The van der Waals surface area contributed by atoms with E-state index in [1.807, 2.05) is 19.1 Å². The second-order valence-corrected chi connectivity index (χ2v) is 4.65. The minimum absolute atomic E-state index is 0.0409. The Balaban J connectivity index is 2.06. The van der Waals surface area contributed by atoms with Gasteiger partial charge in [0.2, 0.25) is 5.91 Å². The maximum absolute atomic E-state index is 11.7. The number of nitrogens with one attached hydrogen (secondary N) is 1. The molecule has 4 nitrogen and oxygen atoms in total. The minimum Gasteiger partial charge on any atom is -0.381 e. The Labute approximate surface area is 115 Å². The van der Waals surface area contributed by atoms with E-state index in [0.717, 1.165) is 37.1 Å². The summed E-state index contributed by atoms with van der Waals surface area (Å²) in [6.45, 7) is 6.28. The van der Waals surface area contributed by atoms with Gasteiger partial charge in [0.15, 0.2) is 0 Å². The van der Waals surface area contributed by atoms with E-state index in [0.29, 0.717) is 19.6 Å². The zero-order valence-electron chi connectivity index (χ0n) is 11.9. The molecule has 0 saturated carbocycles. The Morgan fingerprint density at radius 2 is 2.11 bits per heavy atom. The number of rotatable bonds is 9. The van der Waals surface area contributed by atoms with Crippen LogP contribution in [0.1, 0.15) is 37.4 Å². The van der Waals surface area contributed by atoms with Gasteiger partial charge in [0, 0.05) is 31.6 Å². The van der Waals surface area contributed by atoms with Crippen LogP contribution in [0.2, 0.25) is 0 Å². The molecule has 0 aliphatic carbocycles. The lowest BCUT2D eigenvalue weighted by Crippen LogP contribution is -2.26. The van der Waals surface area contributed by atoms with Crippen molar-refractivity contribution in [2.24, 2.45) is 0 Å². The molecule has 1 amide bonds. The van der Waals surface area contributed by atoms with Gasteiger partial charge < -0.3 is 10.1 Å². The van der Waals surface area contributed by atoms with Gasteiger partial charge in [0.25, 0.3) is 0 Å².